The van der Waals surface area contributed by atoms with E-state index in [1.807, 2.05) is 0 Å². The minimum atomic E-state index is -0.893. The van der Waals surface area contributed by atoms with E-state index >= 15 is 0 Å². The largest absolute Gasteiger partial charge is 0.457 e. The number of benzene rings is 1. The third-order valence-corrected chi connectivity index (χ3v) is 5.58. The van der Waals surface area contributed by atoms with Gasteiger partial charge >= 0.3 is 5.97 Å². The summed E-state index contributed by atoms with van der Waals surface area (Å²) >= 11 is 0. The molecule has 1 aromatic rings. The number of hydrogen-bond donors (Lipinski definition) is 0. The van der Waals surface area contributed by atoms with E-state index in [-0.39, 0.29) is 19.5 Å². The first-order valence-corrected chi connectivity index (χ1v) is 14.3. The fourth-order valence-electron chi connectivity index (χ4n) is 3.47. The number of carbonyl (C=O) groups is 2. The van der Waals surface area contributed by atoms with Crippen molar-refractivity contribution in [1.29, 1.82) is 0 Å². The number of ketones is 1. The second-order valence-corrected chi connectivity index (χ2v) is 8.78. The van der Waals surface area contributed by atoms with Crippen LogP contribution in [0, 0.1) is 0 Å². The molecule has 0 aromatic heterocycles. The van der Waals surface area contributed by atoms with Gasteiger partial charge in [-0.05, 0) is 19.3 Å². The van der Waals surface area contributed by atoms with Gasteiger partial charge in [0.25, 0.3) is 5.78 Å². The van der Waals surface area contributed by atoms with Crippen LogP contribution in [0.3, 0.4) is 0 Å². The van der Waals surface area contributed by atoms with E-state index in [0.717, 1.165) is 25.9 Å². The molecule has 0 spiro atoms. The summed E-state index contributed by atoms with van der Waals surface area (Å²) in [7, 11) is 0. The lowest BCUT2D eigenvalue weighted by Crippen LogP contribution is -2.24. The third-order valence-electron chi connectivity index (χ3n) is 5.58. The van der Waals surface area contributed by atoms with Crippen LogP contribution in [0.1, 0.15) is 29.6 Å². The SMILES string of the molecule is O=C(OCCOCCOCCOCCOCCOCCOCCOCCOC1CCCCO1)C(=O)c1ccccc1. The predicted molar refractivity (Wildman–Crippen MR) is 147 cm³/mol. The molecule has 12 heteroatoms. The molecule has 1 aliphatic rings. The van der Waals surface area contributed by atoms with Crippen molar-refractivity contribution in [3.05, 3.63) is 35.9 Å². The number of rotatable bonds is 27. The van der Waals surface area contributed by atoms with Gasteiger partial charge in [-0.3, -0.25) is 4.79 Å². The maximum absolute atomic E-state index is 11.9. The molecule has 1 atom stereocenters. The molecule has 1 heterocycles. The maximum Gasteiger partial charge on any atom is 0.379 e. The Kier molecular flexibility index (Phi) is 22.1. The van der Waals surface area contributed by atoms with Crippen molar-refractivity contribution in [2.45, 2.75) is 25.6 Å². The molecular formula is C29H46O12. The summed E-state index contributed by atoms with van der Waals surface area (Å²) in [5, 5.41) is 0. The van der Waals surface area contributed by atoms with Crippen molar-refractivity contribution < 1.29 is 57.0 Å². The lowest BCUT2D eigenvalue weighted by atomic mass is 10.1. The zero-order valence-electron chi connectivity index (χ0n) is 24.0. The van der Waals surface area contributed by atoms with Gasteiger partial charge in [0, 0.05) is 12.2 Å². The van der Waals surface area contributed by atoms with E-state index in [2.05, 4.69) is 0 Å². The highest BCUT2D eigenvalue weighted by Crippen LogP contribution is 2.13. The van der Waals surface area contributed by atoms with Gasteiger partial charge in [0.15, 0.2) is 6.29 Å². The van der Waals surface area contributed by atoms with Crippen LogP contribution in [0.5, 0.6) is 0 Å². The molecule has 0 N–H and O–H groups in total. The molecule has 1 fully saturated rings. The van der Waals surface area contributed by atoms with Crippen molar-refractivity contribution in [2.75, 3.05) is 112 Å². The molecule has 0 aliphatic carbocycles. The number of hydrogen-bond acceptors (Lipinski definition) is 12. The normalized spacial score (nSPS) is 15.2. The van der Waals surface area contributed by atoms with Gasteiger partial charge in [-0.1, -0.05) is 30.3 Å². The number of esters is 1. The number of Topliss-reactive ketones (excluding diaryl/α,β-unsaturated/α-hetero) is 1. The summed E-state index contributed by atoms with van der Waals surface area (Å²) in [5.74, 6) is -1.57. The average Bonchev–Trinajstić information content (AvgIpc) is 3.01. The van der Waals surface area contributed by atoms with E-state index < -0.39 is 11.8 Å². The van der Waals surface area contributed by atoms with Gasteiger partial charge in [-0.15, -0.1) is 0 Å². The minimum Gasteiger partial charge on any atom is -0.457 e. The Bertz CT molecular complexity index is 757. The quantitative estimate of drug-likeness (QED) is 0.0648. The van der Waals surface area contributed by atoms with E-state index in [9.17, 15) is 9.59 Å². The fourth-order valence-corrected chi connectivity index (χ4v) is 3.47. The molecule has 1 saturated heterocycles. The molecule has 1 unspecified atom stereocenters. The van der Waals surface area contributed by atoms with Crippen molar-refractivity contribution in [3.8, 4) is 0 Å². The van der Waals surface area contributed by atoms with Crippen molar-refractivity contribution >= 4 is 11.8 Å². The van der Waals surface area contributed by atoms with Crippen molar-refractivity contribution in [3.63, 3.8) is 0 Å². The van der Waals surface area contributed by atoms with Crippen LogP contribution in [0.2, 0.25) is 0 Å². The van der Waals surface area contributed by atoms with Crippen LogP contribution in [0.25, 0.3) is 0 Å². The number of ether oxygens (including phenoxy) is 10. The molecule has 12 nitrogen and oxygen atoms in total. The summed E-state index contributed by atoms with van der Waals surface area (Å²) < 4.78 is 54.0. The highest BCUT2D eigenvalue weighted by molar-refractivity contribution is 6.40. The molecule has 1 aromatic carbocycles. The lowest BCUT2D eigenvalue weighted by molar-refractivity contribution is -0.169. The van der Waals surface area contributed by atoms with Crippen LogP contribution in [0.15, 0.2) is 30.3 Å². The first-order chi connectivity index (χ1) is 20.3. The Morgan fingerprint density at radius 1 is 0.585 bits per heavy atom. The summed E-state index contributed by atoms with van der Waals surface area (Å²) in [6, 6.07) is 8.27. The molecule has 234 valence electrons. The zero-order chi connectivity index (χ0) is 29.1. The molecule has 0 bridgehead atoms. The van der Waals surface area contributed by atoms with Gasteiger partial charge in [0.1, 0.15) is 6.61 Å². The second-order valence-electron chi connectivity index (χ2n) is 8.78. The second kappa shape index (κ2) is 25.7. The molecular weight excluding hydrogens is 540 g/mol. The monoisotopic (exact) mass is 586 g/mol. The van der Waals surface area contributed by atoms with E-state index in [1.165, 1.54) is 0 Å². The fraction of sp³-hybridized carbons (Fsp3) is 0.724. The summed E-state index contributed by atoms with van der Waals surface area (Å²) in [5.41, 5.74) is 0.299. The minimum absolute atomic E-state index is 0.00253. The van der Waals surface area contributed by atoms with Gasteiger partial charge in [-0.25, -0.2) is 4.79 Å². The Hall–Kier alpha value is -2.00. The highest BCUT2D eigenvalue weighted by Gasteiger charge is 2.17. The lowest BCUT2D eigenvalue weighted by Gasteiger charge is -2.22. The van der Waals surface area contributed by atoms with Crippen molar-refractivity contribution in [1.82, 2.24) is 0 Å². The molecule has 0 radical (unpaired) electrons. The molecule has 2 rings (SSSR count). The smallest absolute Gasteiger partial charge is 0.379 e. The highest BCUT2D eigenvalue weighted by atomic mass is 16.7. The molecule has 1 aliphatic heterocycles. The first kappa shape index (κ1) is 35.2. The van der Waals surface area contributed by atoms with Gasteiger partial charge in [-0.2, -0.15) is 0 Å². The Balaban J connectivity index is 1.19. The predicted octanol–water partition coefficient (Wildman–Crippen LogP) is 2.07. The molecule has 0 amide bonds. The van der Waals surface area contributed by atoms with Crippen molar-refractivity contribution in [2.24, 2.45) is 0 Å². The summed E-state index contributed by atoms with van der Waals surface area (Å²) in [6.07, 6.45) is 3.16. The molecule has 41 heavy (non-hydrogen) atoms. The van der Waals surface area contributed by atoms with Crippen LogP contribution < -0.4 is 0 Å². The summed E-state index contributed by atoms with van der Waals surface area (Å²) in [4.78, 5) is 23.6. The average molecular weight is 587 g/mol. The van der Waals surface area contributed by atoms with Crippen LogP contribution in [-0.2, 0) is 52.2 Å². The van der Waals surface area contributed by atoms with E-state index in [0.29, 0.717) is 98.1 Å². The van der Waals surface area contributed by atoms with Gasteiger partial charge in [0.05, 0.1) is 99.1 Å². The third kappa shape index (κ3) is 19.7. The van der Waals surface area contributed by atoms with E-state index in [4.69, 9.17) is 47.4 Å². The Morgan fingerprint density at radius 2 is 1.02 bits per heavy atom. The van der Waals surface area contributed by atoms with Crippen LogP contribution >= 0.6 is 0 Å². The zero-order valence-corrected chi connectivity index (χ0v) is 24.0. The van der Waals surface area contributed by atoms with Gasteiger partial charge < -0.3 is 47.4 Å². The Labute approximate surface area is 242 Å². The standard InChI is InChI=1S/C29H46O12/c30-28(26-6-2-1-3-7-26)29(31)41-25-23-38-21-19-36-17-15-34-13-11-32-10-12-33-14-16-35-18-20-37-22-24-40-27-8-4-5-9-39-27/h1-3,6-7,27H,4-5,8-25H2. The molecule has 0 saturated carbocycles. The van der Waals surface area contributed by atoms with E-state index in [1.54, 1.807) is 30.3 Å². The number of carbonyl (C=O) groups excluding carboxylic acids is 2. The first-order valence-electron chi connectivity index (χ1n) is 14.3. The van der Waals surface area contributed by atoms with Gasteiger partial charge in [0.2, 0.25) is 0 Å². The Morgan fingerprint density at radius 3 is 1.46 bits per heavy atom. The van der Waals surface area contributed by atoms with Crippen LogP contribution in [-0.4, -0.2) is 130 Å². The summed E-state index contributed by atoms with van der Waals surface area (Å²) in [6.45, 7) is 7.62. The maximum atomic E-state index is 11.9. The van der Waals surface area contributed by atoms with Crippen LogP contribution in [0.4, 0.5) is 0 Å². The topological polar surface area (TPSA) is 126 Å².